The van der Waals surface area contributed by atoms with E-state index >= 15 is 0 Å². The van der Waals surface area contributed by atoms with E-state index < -0.39 is 41.6 Å². The van der Waals surface area contributed by atoms with Gasteiger partial charge in [0.15, 0.2) is 0 Å². The van der Waals surface area contributed by atoms with E-state index in [1.807, 2.05) is 6.07 Å². The maximum absolute atomic E-state index is 12.0. The highest BCUT2D eigenvalue weighted by molar-refractivity contribution is 6.31. The van der Waals surface area contributed by atoms with Crippen molar-refractivity contribution in [2.45, 2.75) is 77.0 Å². The molecular formula is C37H44ClNO9. The molecule has 0 saturated heterocycles. The first-order chi connectivity index (χ1) is 22.7. The summed E-state index contributed by atoms with van der Waals surface area (Å²) in [4.78, 5) is 46.8. The van der Waals surface area contributed by atoms with Crippen LogP contribution in [0.4, 0.5) is 0 Å². The van der Waals surface area contributed by atoms with Crippen LogP contribution in [0.15, 0.2) is 78.9 Å². The number of aliphatic hydroxyl groups is 1. The highest BCUT2D eigenvalue weighted by Crippen LogP contribution is 2.40. The predicted molar refractivity (Wildman–Crippen MR) is 181 cm³/mol. The molecule has 1 saturated carbocycles. The molecule has 258 valence electrons. The van der Waals surface area contributed by atoms with Gasteiger partial charge in [0.25, 0.3) is 0 Å². The molecule has 4 rings (SSSR count). The molecule has 0 amide bonds. The minimum Gasteiger partial charge on any atom is -0.478 e. The van der Waals surface area contributed by atoms with E-state index in [-0.39, 0.29) is 23.7 Å². The number of carbonyl (C=O) groups excluding carboxylic acids is 2. The maximum Gasteiger partial charge on any atom is 0.349 e. The fraction of sp³-hybridized carbons (Fsp3) is 0.405. The summed E-state index contributed by atoms with van der Waals surface area (Å²) in [5.41, 5.74) is 8.88. The number of carboxylic acids is 2. The summed E-state index contributed by atoms with van der Waals surface area (Å²) >= 11 is 6.51. The molecular weight excluding hydrogens is 638 g/mol. The summed E-state index contributed by atoms with van der Waals surface area (Å²) in [7, 11) is 0. The molecule has 5 N–H and O–H groups in total. The Hall–Kier alpha value is -4.25. The van der Waals surface area contributed by atoms with Crippen molar-refractivity contribution in [2.24, 2.45) is 17.1 Å². The number of rotatable bonds is 11. The van der Waals surface area contributed by atoms with Gasteiger partial charge in [-0.05, 0) is 72.6 Å². The summed E-state index contributed by atoms with van der Waals surface area (Å²) in [6.07, 6.45) is 1.87. The molecule has 1 unspecified atom stereocenters. The fourth-order valence-corrected chi connectivity index (χ4v) is 5.73. The van der Waals surface area contributed by atoms with Gasteiger partial charge in [-0.2, -0.15) is 0 Å². The minimum atomic E-state index is -2.21. The van der Waals surface area contributed by atoms with Crippen molar-refractivity contribution in [3.8, 4) is 0 Å². The number of hydrogen-bond acceptors (Lipinski definition) is 8. The molecule has 1 aliphatic rings. The van der Waals surface area contributed by atoms with Crippen molar-refractivity contribution in [3.63, 3.8) is 0 Å². The Balaban J connectivity index is 0.000000264. The van der Waals surface area contributed by atoms with Crippen molar-refractivity contribution in [2.75, 3.05) is 6.61 Å². The quantitative estimate of drug-likeness (QED) is 0.169. The SMILES string of the molecule is CC(C)(C)CCc1ccc(C2(N)CCCC[C@H]2CO)cc1Cl.O=C(O[C@H](C(=O)O)[C@H](OC(=O)c1ccccc1)C(=O)O)c1ccccc1. The van der Waals surface area contributed by atoms with Crippen LogP contribution in [0.25, 0.3) is 0 Å². The van der Waals surface area contributed by atoms with Gasteiger partial charge in [-0.3, -0.25) is 0 Å². The number of ether oxygens (including phenoxy) is 2. The Bertz CT molecular complexity index is 1470. The van der Waals surface area contributed by atoms with Crippen LogP contribution < -0.4 is 5.73 Å². The van der Waals surface area contributed by atoms with Crippen LogP contribution in [-0.4, -0.2) is 58.0 Å². The molecule has 48 heavy (non-hydrogen) atoms. The fourth-order valence-electron chi connectivity index (χ4n) is 5.45. The smallest absolute Gasteiger partial charge is 0.349 e. The number of nitrogens with two attached hydrogens (primary N) is 1. The zero-order chi connectivity index (χ0) is 35.5. The third-order valence-electron chi connectivity index (χ3n) is 8.33. The van der Waals surface area contributed by atoms with Gasteiger partial charge in [0, 0.05) is 23.1 Å². The van der Waals surface area contributed by atoms with Crippen molar-refractivity contribution in [3.05, 3.63) is 106 Å². The van der Waals surface area contributed by atoms with Gasteiger partial charge in [0.05, 0.1) is 11.1 Å². The standard InChI is InChI=1S/C19H30ClNO.C18H14O8/c1-18(2,3)11-9-14-7-8-15(12-17(14)20)19(21)10-5-4-6-16(19)13-22;19-15(20)13(25-17(23)11-7-3-1-4-8-11)14(16(21)22)26-18(24)12-9-5-2-6-10-12/h7-8,12,16,22H,4-6,9-11,13,21H2,1-3H3;1-10,13-14H,(H,19,20)(H,21,22)/t16-,19?;13-,14-/m00/s1. The van der Waals surface area contributed by atoms with E-state index in [0.717, 1.165) is 49.1 Å². The Labute approximate surface area is 285 Å². The molecule has 1 fully saturated rings. The predicted octanol–water partition coefficient (Wildman–Crippen LogP) is 6.26. The Morgan fingerprint density at radius 1 is 0.854 bits per heavy atom. The van der Waals surface area contributed by atoms with Crippen LogP contribution in [0.1, 0.15) is 84.7 Å². The van der Waals surface area contributed by atoms with Crippen molar-refractivity contribution >= 4 is 35.5 Å². The van der Waals surface area contributed by atoms with E-state index in [2.05, 4.69) is 32.9 Å². The molecule has 4 atom stereocenters. The highest BCUT2D eigenvalue weighted by atomic mass is 35.5. The number of carboxylic acid groups (broad SMARTS) is 2. The summed E-state index contributed by atoms with van der Waals surface area (Å²) in [6, 6.07) is 21.1. The normalized spacial score (nSPS) is 18.8. The van der Waals surface area contributed by atoms with Gasteiger partial charge < -0.3 is 30.5 Å². The van der Waals surface area contributed by atoms with Gasteiger partial charge in [-0.25, -0.2) is 19.2 Å². The zero-order valence-corrected chi connectivity index (χ0v) is 28.2. The molecule has 0 aromatic heterocycles. The molecule has 0 heterocycles. The third kappa shape index (κ3) is 10.6. The number of halogens is 1. The zero-order valence-electron chi connectivity index (χ0n) is 27.4. The number of aliphatic hydroxyl groups excluding tert-OH is 1. The average molecular weight is 682 g/mol. The van der Waals surface area contributed by atoms with E-state index in [4.69, 9.17) is 26.8 Å². The Morgan fingerprint density at radius 3 is 1.77 bits per heavy atom. The summed E-state index contributed by atoms with van der Waals surface area (Å²) in [5.74, 6) is -5.50. The molecule has 11 heteroatoms. The molecule has 0 aliphatic heterocycles. The summed E-state index contributed by atoms with van der Waals surface area (Å²) in [6.45, 7) is 6.90. The van der Waals surface area contributed by atoms with Crippen LogP contribution >= 0.6 is 11.6 Å². The first kappa shape index (κ1) is 38.2. The van der Waals surface area contributed by atoms with Crippen molar-refractivity contribution < 1.29 is 44.0 Å². The highest BCUT2D eigenvalue weighted by Gasteiger charge is 2.41. The lowest BCUT2D eigenvalue weighted by Gasteiger charge is -2.41. The second-order valence-corrected chi connectivity index (χ2v) is 13.5. The van der Waals surface area contributed by atoms with E-state index in [1.165, 1.54) is 54.1 Å². The average Bonchev–Trinajstić information content (AvgIpc) is 3.06. The van der Waals surface area contributed by atoms with Gasteiger partial charge >= 0.3 is 23.9 Å². The van der Waals surface area contributed by atoms with Crippen LogP contribution in [0.2, 0.25) is 5.02 Å². The van der Waals surface area contributed by atoms with Gasteiger partial charge in [-0.15, -0.1) is 0 Å². The number of hydrogen-bond donors (Lipinski definition) is 4. The van der Waals surface area contributed by atoms with Crippen LogP contribution in [-0.2, 0) is 31.0 Å². The topological polar surface area (TPSA) is 173 Å². The Kier molecular flexibility index (Phi) is 13.7. The number of aryl methyl sites for hydroxylation is 1. The number of carbonyl (C=O) groups is 4. The lowest BCUT2D eigenvalue weighted by Crippen LogP contribution is -2.47. The lowest BCUT2D eigenvalue weighted by molar-refractivity contribution is -0.166. The second kappa shape index (κ2) is 17.2. The molecule has 0 radical (unpaired) electrons. The van der Waals surface area contributed by atoms with E-state index in [0.29, 0.717) is 5.41 Å². The molecule has 1 aliphatic carbocycles. The van der Waals surface area contributed by atoms with Gasteiger partial charge in [-0.1, -0.05) is 93.7 Å². The second-order valence-electron chi connectivity index (χ2n) is 13.1. The summed E-state index contributed by atoms with van der Waals surface area (Å²) < 4.78 is 9.52. The molecule has 0 spiro atoms. The van der Waals surface area contributed by atoms with E-state index in [9.17, 15) is 34.5 Å². The summed E-state index contributed by atoms with van der Waals surface area (Å²) in [5, 5.41) is 29.0. The van der Waals surface area contributed by atoms with E-state index in [1.54, 1.807) is 12.1 Å². The first-order valence-corrected chi connectivity index (χ1v) is 16.2. The lowest BCUT2D eigenvalue weighted by atomic mass is 9.69. The first-order valence-electron chi connectivity index (χ1n) is 15.8. The minimum absolute atomic E-state index is 0.0253. The van der Waals surface area contributed by atoms with Crippen LogP contribution in [0.5, 0.6) is 0 Å². The number of esters is 2. The Morgan fingerprint density at radius 2 is 1.35 bits per heavy atom. The molecule has 0 bridgehead atoms. The van der Waals surface area contributed by atoms with Gasteiger partial charge in [0.1, 0.15) is 0 Å². The number of benzene rings is 3. The van der Waals surface area contributed by atoms with Gasteiger partial charge in [0.2, 0.25) is 12.2 Å². The maximum atomic E-state index is 12.0. The number of aliphatic carboxylic acids is 2. The monoisotopic (exact) mass is 681 g/mol. The van der Waals surface area contributed by atoms with Crippen molar-refractivity contribution in [1.82, 2.24) is 0 Å². The molecule has 3 aromatic rings. The van der Waals surface area contributed by atoms with Crippen LogP contribution in [0.3, 0.4) is 0 Å². The van der Waals surface area contributed by atoms with Crippen LogP contribution in [0, 0.1) is 11.3 Å². The third-order valence-corrected chi connectivity index (χ3v) is 8.68. The van der Waals surface area contributed by atoms with Crippen molar-refractivity contribution in [1.29, 1.82) is 0 Å². The largest absolute Gasteiger partial charge is 0.478 e. The molecule has 3 aromatic carbocycles. The molecule has 10 nitrogen and oxygen atoms in total.